The minimum absolute atomic E-state index is 0.163. The van der Waals surface area contributed by atoms with Crippen LogP contribution in [0.1, 0.15) is 5.56 Å². The summed E-state index contributed by atoms with van der Waals surface area (Å²) in [7, 11) is 0. The first kappa shape index (κ1) is 13.5. The monoisotopic (exact) mass is 302 g/mol. The number of aliphatic hydroxyl groups excluding tert-OH is 1. The van der Waals surface area contributed by atoms with Gasteiger partial charge in [-0.3, -0.25) is 0 Å². The molecule has 0 atom stereocenters. The van der Waals surface area contributed by atoms with Crippen molar-refractivity contribution in [2.24, 2.45) is 0 Å². The molecular formula is C13H9Cl3O2. The Labute approximate surface area is 120 Å². The van der Waals surface area contributed by atoms with E-state index in [1.165, 1.54) is 0 Å². The third-order valence-electron chi connectivity index (χ3n) is 2.26. The van der Waals surface area contributed by atoms with E-state index in [0.29, 0.717) is 32.1 Å². The topological polar surface area (TPSA) is 29.5 Å². The minimum Gasteiger partial charge on any atom is -0.457 e. The molecule has 0 aliphatic heterocycles. The van der Waals surface area contributed by atoms with Gasteiger partial charge in [0.15, 0.2) is 0 Å². The average Bonchev–Trinajstić information content (AvgIpc) is 2.30. The maximum absolute atomic E-state index is 9.24. The smallest absolute Gasteiger partial charge is 0.133 e. The van der Waals surface area contributed by atoms with Crippen molar-refractivity contribution in [3.8, 4) is 11.5 Å². The zero-order chi connectivity index (χ0) is 13.1. The van der Waals surface area contributed by atoms with Crippen LogP contribution in [0.25, 0.3) is 0 Å². The van der Waals surface area contributed by atoms with Crippen LogP contribution in [0.5, 0.6) is 11.5 Å². The molecule has 0 saturated heterocycles. The van der Waals surface area contributed by atoms with Crippen LogP contribution in [0, 0.1) is 0 Å². The minimum atomic E-state index is -0.163. The van der Waals surface area contributed by atoms with Gasteiger partial charge in [0.05, 0.1) is 6.61 Å². The zero-order valence-corrected chi connectivity index (χ0v) is 11.4. The Morgan fingerprint density at radius 1 is 0.889 bits per heavy atom. The standard InChI is InChI=1S/C13H9Cl3O2/c14-9-1-2-13(8(3-9)7-17)18-12-5-10(15)4-11(16)6-12/h1-6,17H,7H2. The molecule has 0 fully saturated rings. The molecule has 0 aromatic heterocycles. The molecule has 0 bridgehead atoms. The van der Waals surface area contributed by atoms with Gasteiger partial charge in [0.1, 0.15) is 11.5 Å². The Bertz CT molecular complexity index is 550. The van der Waals surface area contributed by atoms with Gasteiger partial charge in [-0.2, -0.15) is 0 Å². The summed E-state index contributed by atoms with van der Waals surface area (Å²) in [6.07, 6.45) is 0. The van der Waals surface area contributed by atoms with Crippen LogP contribution in [-0.4, -0.2) is 5.11 Å². The molecule has 1 N–H and O–H groups in total. The van der Waals surface area contributed by atoms with Crippen LogP contribution in [0.3, 0.4) is 0 Å². The molecular weight excluding hydrogens is 294 g/mol. The summed E-state index contributed by atoms with van der Waals surface area (Å²) in [6.45, 7) is -0.163. The van der Waals surface area contributed by atoms with Crippen LogP contribution in [0.2, 0.25) is 15.1 Å². The number of hydrogen-bond acceptors (Lipinski definition) is 2. The van der Waals surface area contributed by atoms with E-state index in [9.17, 15) is 5.11 Å². The number of benzene rings is 2. The number of ether oxygens (including phenoxy) is 1. The first-order valence-corrected chi connectivity index (χ1v) is 6.25. The van der Waals surface area contributed by atoms with E-state index in [2.05, 4.69) is 0 Å². The molecule has 5 heteroatoms. The fourth-order valence-electron chi connectivity index (χ4n) is 1.49. The second-order valence-electron chi connectivity index (χ2n) is 3.62. The van der Waals surface area contributed by atoms with Crippen LogP contribution in [0.4, 0.5) is 0 Å². The molecule has 0 spiro atoms. The van der Waals surface area contributed by atoms with Gasteiger partial charge >= 0.3 is 0 Å². The van der Waals surface area contributed by atoms with Crippen molar-refractivity contribution in [1.29, 1.82) is 0 Å². The van der Waals surface area contributed by atoms with Gasteiger partial charge in [0.2, 0.25) is 0 Å². The van der Waals surface area contributed by atoms with Crippen molar-refractivity contribution in [3.05, 3.63) is 57.0 Å². The van der Waals surface area contributed by atoms with Gasteiger partial charge in [-0.1, -0.05) is 34.8 Å². The second kappa shape index (κ2) is 5.81. The van der Waals surface area contributed by atoms with E-state index in [4.69, 9.17) is 39.5 Å². The highest BCUT2D eigenvalue weighted by molar-refractivity contribution is 6.34. The van der Waals surface area contributed by atoms with Crippen molar-refractivity contribution < 1.29 is 9.84 Å². The normalized spacial score (nSPS) is 10.4. The SMILES string of the molecule is OCc1cc(Cl)ccc1Oc1cc(Cl)cc(Cl)c1. The molecule has 18 heavy (non-hydrogen) atoms. The average molecular weight is 304 g/mol. The van der Waals surface area contributed by atoms with Gasteiger partial charge in [-0.15, -0.1) is 0 Å². The quantitative estimate of drug-likeness (QED) is 0.871. The van der Waals surface area contributed by atoms with Crippen LogP contribution >= 0.6 is 34.8 Å². The summed E-state index contributed by atoms with van der Waals surface area (Å²) in [5.41, 5.74) is 0.596. The molecule has 94 valence electrons. The Hall–Kier alpha value is -0.930. The Morgan fingerprint density at radius 3 is 2.17 bits per heavy atom. The molecule has 0 radical (unpaired) electrons. The van der Waals surface area contributed by atoms with Crippen LogP contribution < -0.4 is 4.74 Å². The number of aliphatic hydroxyl groups is 1. The largest absolute Gasteiger partial charge is 0.457 e. The third kappa shape index (κ3) is 3.30. The lowest BCUT2D eigenvalue weighted by Gasteiger charge is -2.10. The Balaban J connectivity index is 2.33. The predicted molar refractivity (Wildman–Crippen MR) is 73.9 cm³/mol. The highest BCUT2D eigenvalue weighted by atomic mass is 35.5. The van der Waals surface area contributed by atoms with Crippen LogP contribution in [-0.2, 0) is 6.61 Å². The van der Waals surface area contributed by atoms with Crippen LogP contribution in [0.15, 0.2) is 36.4 Å². The van der Waals surface area contributed by atoms with Crippen molar-refractivity contribution in [2.45, 2.75) is 6.61 Å². The molecule has 2 rings (SSSR count). The summed E-state index contributed by atoms with van der Waals surface area (Å²) < 4.78 is 5.63. The van der Waals surface area contributed by atoms with Crippen molar-refractivity contribution in [3.63, 3.8) is 0 Å². The zero-order valence-electron chi connectivity index (χ0n) is 9.16. The molecule has 2 nitrogen and oxygen atoms in total. The highest BCUT2D eigenvalue weighted by Gasteiger charge is 2.06. The molecule has 0 aliphatic carbocycles. The Morgan fingerprint density at radius 2 is 1.56 bits per heavy atom. The summed E-state index contributed by atoms with van der Waals surface area (Å²) >= 11 is 17.6. The summed E-state index contributed by atoms with van der Waals surface area (Å²) in [4.78, 5) is 0. The summed E-state index contributed by atoms with van der Waals surface area (Å²) in [5, 5.41) is 10.7. The lowest BCUT2D eigenvalue weighted by Crippen LogP contribution is -1.91. The van der Waals surface area contributed by atoms with E-state index in [0.717, 1.165) is 0 Å². The highest BCUT2D eigenvalue weighted by Crippen LogP contribution is 2.31. The summed E-state index contributed by atoms with van der Waals surface area (Å²) in [5.74, 6) is 1.02. The van der Waals surface area contributed by atoms with Gasteiger partial charge in [-0.05, 0) is 36.4 Å². The van der Waals surface area contributed by atoms with E-state index in [1.807, 2.05) is 0 Å². The van der Waals surface area contributed by atoms with Gasteiger partial charge in [0, 0.05) is 20.6 Å². The molecule has 0 unspecified atom stereocenters. The molecule has 2 aromatic rings. The lowest BCUT2D eigenvalue weighted by atomic mass is 10.2. The number of hydrogen-bond donors (Lipinski definition) is 1. The number of rotatable bonds is 3. The fourth-order valence-corrected chi connectivity index (χ4v) is 2.19. The van der Waals surface area contributed by atoms with E-state index in [1.54, 1.807) is 36.4 Å². The summed E-state index contributed by atoms with van der Waals surface area (Å²) in [6, 6.07) is 9.91. The van der Waals surface area contributed by atoms with E-state index in [-0.39, 0.29) is 6.61 Å². The second-order valence-corrected chi connectivity index (χ2v) is 4.93. The van der Waals surface area contributed by atoms with Gasteiger partial charge < -0.3 is 9.84 Å². The molecule has 0 saturated carbocycles. The maximum atomic E-state index is 9.24. The predicted octanol–water partition coefficient (Wildman–Crippen LogP) is 4.93. The van der Waals surface area contributed by atoms with Crippen molar-refractivity contribution in [1.82, 2.24) is 0 Å². The first-order chi connectivity index (χ1) is 8.58. The molecule has 2 aromatic carbocycles. The van der Waals surface area contributed by atoms with E-state index < -0.39 is 0 Å². The molecule has 0 amide bonds. The molecule has 0 heterocycles. The lowest BCUT2D eigenvalue weighted by molar-refractivity contribution is 0.276. The van der Waals surface area contributed by atoms with E-state index >= 15 is 0 Å². The Kier molecular flexibility index (Phi) is 4.36. The first-order valence-electron chi connectivity index (χ1n) is 5.12. The van der Waals surface area contributed by atoms with Gasteiger partial charge in [0.25, 0.3) is 0 Å². The third-order valence-corrected chi connectivity index (χ3v) is 2.93. The maximum Gasteiger partial charge on any atom is 0.133 e. The number of halogens is 3. The molecule has 0 aliphatic rings. The fraction of sp³-hybridized carbons (Fsp3) is 0.0769. The van der Waals surface area contributed by atoms with Crippen molar-refractivity contribution in [2.75, 3.05) is 0 Å². The van der Waals surface area contributed by atoms with Gasteiger partial charge in [-0.25, -0.2) is 0 Å². The van der Waals surface area contributed by atoms with Crippen molar-refractivity contribution >= 4 is 34.8 Å².